The van der Waals surface area contributed by atoms with Gasteiger partial charge in [0.1, 0.15) is 11.7 Å². The molecular formula is C21H19N7O2. The van der Waals surface area contributed by atoms with Gasteiger partial charge in [0.2, 0.25) is 5.89 Å². The lowest BCUT2D eigenvalue weighted by atomic mass is 9.47. The highest BCUT2D eigenvalue weighted by Gasteiger charge is 2.59. The monoisotopic (exact) mass is 401 g/mol. The Morgan fingerprint density at radius 2 is 2.10 bits per heavy atom. The third kappa shape index (κ3) is 1.96. The number of aromatic nitrogens is 6. The quantitative estimate of drug-likeness (QED) is 0.531. The molecule has 9 nitrogen and oxygen atoms in total. The molecule has 4 bridgehead atoms. The van der Waals surface area contributed by atoms with Gasteiger partial charge in [-0.3, -0.25) is 4.57 Å². The average Bonchev–Trinajstić information content (AvgIpc) is 3.45. The van der Waals surface area contributed by atoms with Gasteiger partial charge < -0.3 is 14.5 Å². The van der Waals surface area contributed by atoms with E-state index < -0.39 is 0 Å². The molecule has 4 aromatic rings. The van der Waals surface area contributed by atoms with Crippen LogP contribution in [0.15, 0.2) is 27.8 Å². The molecule has 2 unspecified atom stereocenters. The Labute approximate surface area is 170 Å². The fourth-order valence-electron chi connectivity index (χ4n) is 7.07. The minimum atomic E-state index is -0.157. The summed E-state index contributed by atoms with van der Waals surface area (Å²) in [7, 11) is 0. The summed E-state index contributed by atoms with van der Waals surface area (Å²) in [6.45, 7) is 0. The predicted octanol–water partition coefficient (Wildman–Crippen LogP) is 2.78. The van der Waals surface area contributed by atoms with Gasteiger partial charge in [0.15, 0.2) is 0 Å². The Bertz CT molecular complexity index is 1400. The van der Waals surface area contributed by atoms with Crippen LogP contribution in [0.4, 0.5) is 0 Å². The van der Waals surface area contributed by atoms with E-state index in [9.17, 15) is 4.79 Å². The maximum atomic E-state index is 13.1. The van der Waals surface area contributed by atoms with Crippen LogP contribution in [-0.4, -0.2) is 29.7 Å². The van der Waals surface area contributed by atoms with Crippen molar-refractivity contribution in [3.63, 3.8) is 0 Å². The Balaban J connectivity index is 1.38. The number of nitrogens with zero attached hydrogens (tertiary/aromatic N) is 5. The first-order valence-corrected chi connectivity index (χ1v) is 10.5. The molecule has 8 rings (SSSR count). The van der Waals surface area contributed by atoms with E-state index in [1.54, 1.807) is 6.20 Å². The largest absolute Gasteiger partial charge is 0.346 e. The van der Waals surface area contributed by atoms with E-state index in [-0.39, 0.29) is 23.0 Å². The molecule has 4 aromatic heterocycles. The molecular weight excluding hydrogens is 382 g/mol. The number of H-pyrrole nitrogens is 2. The van der Waals surface area contributed by atoms with E-state index in [2.05, 4.69) is 25.1 Å². The third-order valence-corrected chi connectivity index (χ3v) is 7.76. The molecule has 9 heteroatoms. The Hall–Kier alpha value is -3.41. The summed E-state index contributed by atoms with van der Waals surface area (Å²) in [6, 6.07) is 4.12. The minimum absolute atomic E-state index is 0.0587. The third-order valence-electron chi connectivity index (χ3n) is 7.76. The van der Waals surface area contributed by atoms with Crippen molar-refractivity contribution < 1.29 is 4.52 Å². The molecule has 0 radical (unpaired) electrons. The molecule has 0 aliphatic heterocycles. The number of aromatic amines is 2. The molecule has 4 aliphatic rings. The Morgan fingerprint density at radius 3 is 2.87 bits per heavy atom. The summed E-state index contributed by atoms with van der Waals surface area (Å²) < 4.78 is 7.54. The average molecular weight is 401 g/mol. The maximum absolute atomic E-state index is 13.1. The van der Waals surface area contributed by atoms with Crippen LogP contribution in [-0.2, 0) is 5.41 Å². The zero-order valence-electron chi connectivity index (χ0n) is 16.1. The number of fused-ring (bicyclic) bond motifs is 3. The molecule has 0 amide bonds. The SMILES string of the molecule is N#Cc1noc(C23CC4CC(C2)C(n2c(=O)[nH]c5cnc6[nH]ccc6c52)C(C4)C3)n1. The van der Waals surface area contributed by atoms with E-state index in [0.29, 0.717) is 23.6 Å². The highest BCUT2D eigenvalue weighted by molar-refractivity contribution is 6.00. The smallest absolute Gasteiger partial charge is 0.326 e. The molecule has 0 aromatic carbocycles. The van der Waals surface area contributed by atoms with Crippen molar-refractivity contribution in [2.45, 2.75) is 43.6 Å². The summed E-state index contributed by atoms with van der Waals surface area (Å²) in [5.41, 5.74) is 2.31. The minimum Gasteiger partial charge on any atom is -0.346 e. The summed E-state index contributed by atoms with van der Waals surface area (Å²) >= 11 is 0. The van der Waals surface area contributed by atoms with E-state index >= 15 is 0 Å². The molecule has 4 aliphatic carbocycles. The van der Waals surface area contributed by atoms with Crippen molar-refractivity contribution in [2.24, 2.45) is 17.8 Å². The summed E-state index contributed by atoms with van der Waals surface area (Å²) in [4.78, 5) is 28.1. The molecule has 30 heavy (non-hydrogen) atoms. The zero-order chi connectivity index (χ0) is 20.0. The van der Waals surface area contributed by atoms with Gasteiger partial charge >= 0.3 is 5.69 Å². The molecule has 4 heterocycles. The van der Waals surface area contributed by atoms with Gasteiger partial charge in [-0.1, -0.05) is 0 Å². The van der Waals surface area contributed by atoms with E-state index in [0.717, 1.165) is 54.2 Å². The number of nitrogens with one attached hydrogen (secondary N) is 2. The number of hydrogen-bond acceptors (Lipinski definition) is 6. The highest BCUT2D eigenvalue weighted by Crippen LogP contribution is 2.64. The van der Waals surface area contributed by atoms with Crippen LogP contribution >= 0.6 is 0 Å². The van der Waals surface area contributed by atoms with Crippen LogP contribution < -0.4 is 5.69 Å². The predicted molar refractivity (Wildman–Crippen MR) is 105 cm³/mol. The van der Waals surface area contributed by atoms with Gasteiger partial charge in [-0.15, -0.1) is 0 Å². The lowest BCUT2D eigenvalue weighted by Gasteiger charge is -2.58. The van der Waals surface area contributed by atoms with Crippen LogP contribution in [0.25, 0.3) is 22.1 Å². The highest BCUT2D eigenvalue weighted by atomic mass is 16.5. The molecule has 0 spiro atoms. The Kier molecular flexibility index (Phi) is 2.94. The second-order valence-electron chi connectivity index (χ2n) is 9.34. The van der Waals surface area contributed by atoms with Crippen LogP contribution in [0.5, 0.6) is 0 Å². The number of pyridine rings is 1. The van der Waals surface area contributed by atoms with Crippen molar-refractivity contribution in [3.8, 4) is 6.07 Å². The lowest BCUT2D eigenvalue weighted by Crippen LogP contribution is -2.54. The first kappa shape index (κ1) is 16.4. The molecule has 2 N–H and O–H groups in total. The van der Waals surface area contributed by atoms with Gasteiger partial charge in [-0.05, 0) is 61.1 Å². The first-order chi connectivity index (χ1) is 14.6. The van der Waals surface area contributed by atoms with Gasteiger partial charge in [0.25, 0.3) is 5.82 Å². The summed E-state index contributed by atoms with van der Waals surface area (Å²) in [5.74, 6) is 2.05. The van der Waals surface area contributed by atoms with Crippen LogP contribution in [0, 0.1) is 29.1 Å². The van der Waals surface area contributed by atoms with E-state index in [1.807, 2.05) is 22.9 Å². The normalized spacial score (nSPS) is 32.2. The van der Waals surface area contributed by atoms with Crippen molar-refractivity contribution in [1.29, 1.82) is 5.26 Å². The fraction of sp³-hybridized carbons (Fsp3) is 0.476. The molecule has 150 valence electrons. The van der Waals surface area contributed by atoms with Crippen molar-refractivity contribution in [2.75, 3.05) is 0 Å². The summed E-state index contributed by atoms with van der Waals surface area (Å²) in [5, 5.41) is 13.9. The number of rotatable bonds is 2. The van der Waals surface area contributed by atoms with Gasteiger partial charge in [-0.2, -0.15) is 10.2 Å². The Morgan fingerprint density at radius 1 is 1.27 bits per heavy atom. The molecule has 4 fully saturated rings. The number of nitriles is 1. The van der Waals surface area contributed by atoms with Crippen molar-refractivity contribution >= 4 is 22.1 Å². The van der Waals surface area contributed by atoms with Crippen molar-refractivity contribution in [3.05, 3.63) is 40.7 Å². The standard InChI is InChI=1S/C21H19N7O2/c22-8-15-26-19(30-27-15)21-5-10-3-11(6-21)16(12(4-10)7-21)28-17-13-1-2-23-18(13)24-9-14(17)25-20(28)29/h1-2,9-12,16H,3-7H2,(H,23,24)(H,25,29). The molecule has 2 atom stereocenters. The van der Waals surface area contributed by atoms with Crippen LogP contribution in [0.2, 0.25) is 0 Å². The molecule has 0 saturated heterocycles. The fourth-order valence-corrected chi connectivity index (χ4v) is 7.07. The number of imidazole rings is 1. The zero-order valence-corrected chi connectivity index (χ0v) is 16.1. The topological polar surface area (TPSA) is 129 Å². The second-order valence-corrected chi connectivity index (χ2v) is 9.34. The number of hydrogen-bond donors (Lipinski definition) is 2. The van der Waals surface area contributed by atoms with Gasteiger partial charge in [-0.25, -0.2) is 9.78 Å². The van der Waals surface area contributed by atoms with E-state index in [1.165, 1.54) is 0 Å². The lowest BCUT2D eigenvalue weighted by molar-refractivity contribution is -0.0599. The van der Waals surface area contributed by atoms with Crippen molar-refractivity contribution in [1.82, 2.24) is 29.7 Å². The van der Waals surface area contributed by atoms with Crippen LogP contribution in [0.1, 0.15) is 49.9 Å². The second kappa shape index (κ2) is 5.39. The molecule has 4 saturated carbocycles. The van der Waals surface area contributed by atoms with Crippen LogP contribution in [0.3, 0.4) is 0 Å². The van der Waals surface area contributed by atoms with E-state index in [4.69, 9.17) is 9.78 Å². The summed E-state index contributed by atoms with van der Waals surface area (Å²) in [6.07, 6.45) is 8.70. The first-order valence-electron chi connectivity index (χ1n) is 10.5. The van der Waals surface area contributed by atoms with Gasteiger partial charge in [0.05, 0.1) is 22.6 Å². The maximum Gasteiger partial charge on any atom is 0.326 e. The van der Waals surface area contributed by atoms with Gasteiger partial charge in [0, 0.05) is 17.6 Å².